The first kappa shape index (κ1) is 27.7. The second-order valence-corrected chi connectivity index (χ2v) is 10.4. The van der Waals surface area contributed by atoms with Crippen molar-refractivity contribution in [2.24, 2.45) is 0 Å². The van der Waals surface area contributed by atoms with Crippen LogP contribution in [0.25, 0.3) is 5.76 Å². The van der Waals surface area contributed by atoms with Crippen LogP contribution in [0.2, 0.25) is 0 Å². The zero-order valence-corrected chi connectivity index (χ0v) is 23.5. The van der Waals surface area contributed by atoms with Crippen molar-refractivity contribution in [2.75, 3.05) is 25.5 Å². The number of imidazole rings is 1. The minimum absolute atomic E-state index is 0.0867. The molecule has 3 aromatic carbocycles. The van der Waals surface area contributed by atoms with Crippen LogP contribution < -0.4 is 9.64 Å². The molecule has 2 heterocycles. The topological polar surface area (TPSA) is 87.9 Å². The highest BCUT2D eigenvalue weighted by molar-refractivity contribution is 6.46. The molecule has 0 unspecified atom stereocenters. The van der Waals surface area contributed by atoms with Crippen molar-refractivity contribution >= 4 is 23.1 Å². The lowest BCUT2D eigenvalue weighted by Crippen LogP contribution is -2.31. The highest BCUT2D eigenvalue weighted by atomic mass is 16.5. The fourth-order valence-electron chi connectivity index (χ4n) is 5.09. The molecule has 0 spiro atoms. The van der Waals surface area contributed by atoms with Crippen LogP contribution in [0, 0.1) is 6.92 Å². The lowest BCUT2D eigenvalue weighted by molar-refractivity contribution is -0.139. The molecular formula is C33H34N4O4. The van der Waals surface area contributed by atoms with Crippen LogP contribution in [0.15, 0.2) is 97.1 Å². The maximum Gasteiger partial charge on any atom is 0.295 e. The van der Waals surface area contributed by atoms with Crippen molar-refractivity contribution < 1.29 is 19.4 Å². The maximum absolute atomic E-state index is 13.4. The van der Waals surface area contributed by atoms with Gasteiger partial charge in [-0.05, 0) is 60.9 Å². The molecule has 41 heavy (non-hydrogen) atoms. The van der Waals surface area contributed by atoms with Crippen molar-refractivity contribution in [3.63, 3.8) is 0 Å². The number of ether oxygens (including phenoxy) is 1. The van der Waals surface area contributed by atoms with Crippen LogP contribution in [0.3, 0.4) is 0 Å². The second kappa shape index (κ2) is 12.1. The second-order valence-electron chi connectivity index (χ2n) is 10.4. The summed E-state index contributed by atoms with van der Waals surface area (Å²) in [6.45, 7) is 3.46. The number of likely N-dealkylation sites (tertiary alicyclic amines) is 1. The van der Waals surface area contributed by atoms with Gasteiger partial charge in [0.1, 0.15) is 18.1 Å². The molecule has 0 saturated carbocycles. The molecule has 1 N–H and O–H groups in total. The Morgan fingerprint density at radius 2 is 1.76 bits per heavy atom. The van der Waals surface area contributed by atoms with Crippen molar-refractivity contribution in [1.29, 1.82) is 0 Å². The third-order valence-corrected chi connectivity index (χ3v) is 7.26. The molecule has 4 aromatic rings. The quantitative estimate of drug-likeness (QED) is 0.163. The molecule has 0 radical (unpaired) electrons. The number of carbonyl (C=O) groups is 2. The summed E-state index contributed by atoms with van der Waals surface area (Å²) in [5, 5.41) is 11.4. The number of aliphatic hydroxyl groups is 1. The summed E-state index contributed by atoms with van der Waals surface area (Å²) in [5.74, 6) is -0.866. The van der Waals surface area contributed by atoms with Crippen LogP contribution in [0.1, 0.15) is 34.7 Å². The van der Waals surface area contributed by atoms with Gasteiger partial charge in [-0.1, -0.05) is 42.0 Å². The molecule has 0 bridgehead atoms. The summed E-state index contributed by atoms with van der Waals surface area (Å²) in [6, 6.07) is 22.0. The molecular weight excluding hydrogens is 516 g/mol. The van der Waals surface area contributed by atoms with Gasteiger partial charge in [0.05, 0.1) is 17.9 Å². The normalized spacial score (nSPS) is 16.3. The lowest BCUT2D eigenvalue weighted by Gasteiger charge is -2.26. The zero-order chi connectivity index (χ0) is 28.9. The first-order chi connectivity index (χ1) is 19.8. The van der Waals surface area contributed by atoms with Gasteiger partial charge in [-0.25, -0.2) is 4.98 Å². The zero-order valence-electron chi connectivity index (χ0n) is 23.5. The number of amides is 1. The number of rotatable bonds is 10. The van der Waals surface area contributed by atoms with E-state index in [1.165, 1.54) is 0 Å². The Hall–Kier alpha value is -4.85. The fourth-order valence-corrected chi connectivity index (χ4v) is 5.09. The van der Waals surface area contributed by atoms with E-state index < -0.39 is 17.7 Å². The molecule has 0 aliphatic carbocycles. The van der Waals surface area contributed by atoms with Gasteiger partial charge in [-0.15, -0.1) is 0 Å². The minimum Gasteiger partial charge on any atom is -0.507 e. The number of aliphatic hydroxyl groups excluding tert-OH is 1. The van der Waals surface area contributed by atoms with Crippen molar-refractivity contribution in [3.8, 4) is 5.75 Å². The van der Waals surface area contributed by atoms with E-state index in [1.54, 1.807) is 41.7 Å². The van der Waals surface area contributed by atoms with Crippen LogP contribution in [0.5, 0.6) is 5.75 Å². The summed E-state index contributed by atoms with van der Waals surface area (Å²) in [5.41, 5.74) is 4.51. The predicted molar refractivity (Wildman–Crippen MR) is 159 cm³/mol. The molecule has 210 valence electrons. The number of hydrogen-bond donors (Lipinski definition) is 1. The van der Waals surface area contributed by atoms with E-state index in [4.69, 9.17) is 4.74 Å². The molecule has 1 amide bonds. The van der Waals surface area contributed by atoms with E-state index in [9.17, 15) is 14.7 Å². The van der Waals surface area contributed by atoms with Crippen LogP contribution in [0.4, 0.5) is 5.69 Å². The Morgan fingerprint density at radius 1 is 1.00 bits per heavy atom. The summed E-state index contributed by atoms with van der Waals surface area (Å²) in [6.07, 6.45) is 5.92. The van der Waals surface area contributed by atoms with E-state index in [-0.39, 0.29) is 11.3 Å². The monoisotopic (exact) mass is 550 g/mol. The number of aryl methyl sites for hydroxylation is 2. The highest BCUT2D eigenvalue weighted by Gasteiger charge is 2.45. The van der Waals surface area contributed by atoms with Crippen LogP contribution in [-0.2, 0) is 22.7 Å². The number of benzene rings is 3. The molecule has 1 aliphatic heterocycles. The standard InChI is InChI=1S/C33H34N4O4/c1-23-6-4-7-24(20-23)21-41-28-14-10-26(11-15-28)31(38)29-30(25-8-12-27(13-9-25)35(2)3)37(33(40)32(29)39)18-5-17-36-19-16-34-22-36/h4,6-16,19-20,22,30,38H,5,17-18,21H2,1-3H3/b31-29+/t30-/m0/s1. The van der Waals surface area contributed by atoms with Crippen molar-refractivity contribution in [1.82, 2.24) is 14.5 Å². The summed E-state index contributed by atoms with van der Waals surface area (Å²) < 4.78 is 7.85. The van der Waals surface area contributed by atoms with E-state index in [0.717, 1.165) is 22.4 Å². The van der Waals surface area contributed by atoms with Crippen molar-refractivity contribution in [2.45, 2.75) is 32.5 Å². The number of carbonyl (C=O) groups excluding carboxylic acids is 2. The summed E-state index contributed by atoms with van der Waals surface area (Å²) in [4.78, 5) is 34.3. The van der Waals surface area contributed by atoms with E-state index >= 15 is 0 Å². The molecule has 1 fully saturated rings. The van der Waals surface area contributed by atoms with Gasteiger partial charge in [-0.3, -0.25) is 9.59 Å². The molecule has 1 aromatic heterocycles. The van der Waals surface area contributed by atoms with Crippen molar-refractivity contribution in [3.05, 3.63) is 119 Å². The van der Waals surface area contributed by atoms with Crippen LogP contribution >= 0.6 is 0 Å². The molecule has 5 rings (SSSR count). The Labute approximate surface area is 240 Å². The Balaban J connectivity index is 1.42. The minimum atomic E-state index is -0.703. The number of aromatic nitrogens is 2. The van der Waals surface area contributed by atoms with Gasteiger partial charge in [0.25, 0.3) is 11.7 Å². The summed E-state index contributed by atoms with van der Waals surface area (Å²) in [7, 11) is 3.90. The van der Waals surface area contributed by atoms with E-state index in [1.807, 2.05) is 79.1 Å². The Kier molecular flexibility index (Phi) is 8.19. The number of ketones is 1. The predicted octanol–water partition coefficient (Wildman–Crippen LogP) is 5.35. The lowest BCUT2D eigenvalue weighted by atomic mass is 9.95. The number of anilines is 1. The van der Waals surface area contributed by atoms with E-state index in [0.29, 0.717) is 37.4 Å². The smallest absolute Gasteiger partial charge is 0.295 e. The average Bonchev–Trinajstić information content (AvgIpc) is 3.58. The third-order valence-electron chi connectivity index (χ3n) is 7.26. The number of hydrogen-bond acceptors (Lipinski definition) is 6. The fraction of sp³-hybridized carbons (Fsp3) is 0.242. The summed E-state index contributed by atoms with van der Waals surface area (Å²) >= 11 is 0. The molecule has 1 saturated heterocycles. The van der Waals surface area contributed by atoms with Gasteiger partial charge in [0.15, 0.2) is 0 Å². The first-order valence-corrected chi connectivity index (χ1v) is 13.6. The first-order valence-electron chi connectivity index (χ1n) is 13.6. The number of nitrogens with zero attached hydrogens (tertiary/aromatic N) is 4. The molecule has 1 aliphatic rings. The van der Waals surface area contributed by atoms with Gasteiger partial charge in [0, 0.05) is 50.8 Å². The molecule has 8 heteroatoms. The van der Waals surface area contributed by atoms with Gasteiger partial charge in [0.2, 0.25) is 0 Å². The third kappa shape index (κ3) is 6.17. The Bertz CT molecular complexity index is 1540. The van der Waals surface area contributed by atoms with Crippen LogP contribution in [-0.4, -0.2) is 51.9 Å². The van der Waals surface area contributed by atoms with Gasteiger partial charge in [-0.2, -0.15) is 0 Å². The number of Topliss-reactive ketones (excluding diaryl/α,β-unsaturated/α-hetero) is 1. The Morgan fingerprint density at radius 3 is 2.41 bits per heavy atom. The molecule has 1 atom stereocenters. The van der Waals surface area contributed by atoms with Gasteiger partial charge >= 0.3 is 0 Å². The largest absolute Gasteiger partial charge is 0.507 e. The van der Waals surface area contributed by atoms with Gasteiger partial charge < -0.3 is 24.2 Å². The maximum atomic E-state index is 13.4. The SMILES string of the molecule is Cc1cccc(COc2ccc(/C(O)=C3\C(=O)C(=O)N(CCCn4ccnc4)[C@H]3c3ccc(N(C)C)cc3)cc2)c1. The van der Waals surface area contributed by atoms with E-state index in [2.05, 4.69) is 11.1 Å². The molecule has 8 nitrogen and oxygen atoms in total. The highest BCUT2D eigenvalue weighted by Crippen LogP contribution is 2.40. The average molecular weight is 551 g/mol.